The number of aromatic nitrogens is 2. The first-order chi connectivity index (χ1) is 18.6. The summed E-state index contributed by atoms with van der Waals surface area (Å²) in [7, 11) is 1.91. The van der Waals surface area contributed by atoms with Crippen LogP contribution >= 0.6 is 0 Å². The molecule has 0 saturated carbocycles. The third-order valence-electron chi connectivity index (χ3n) is 8.05. The van der Waals surface area contributed by atoms with Crippen molar-refractivity contribution in [1.82, 2.24) is 20.2 Å². The molecule has 192 valence electrons. The number of hydrogen-bond acceptors (Lipinski definition) is 5. The Labute approximate surface area is 222 Å². The minimum Gasteiger partial charge on any atom is -0.371 e. The maximum absolute atomic E-state index is 13.5. The van der Waals surface area contributed by atoms with Gasteiger partial charge in [-0.25, -0.2) is 0 Å². The molecule has 7 nitrogen and oxygen atoms in total. The van der Waals surface area contributed by atoms with Crippen molar-refractivity contribution in [2.45, 2.75) is 37.8 Å². The standard InChI is InChI=1S/C31H31N5O2/c1-35(24-12-16-36(17-13-24)25-10-14-32-15-11-25)31(38)22-7-6-21-8-9-29(27(21)18-22)34-30(37)28-20-33-19-23-4-2-3-5-26(23)28/h2-7,10-11,14-15,18-20,24,29H,8-9,12-13,16-17H2,1H3,(H,34,37)/t29-/m1/s1. The van der Waals surface area contributed by atoms with E-state index in [-0.39, 0.29) is 23.9 Å². The van der Waals surface area contributed by atoms with Crippen LogP contribution in [-0.4, -0.2) is 52.9 Å². The van der Waals surface area contributed by atoms with Crippen molar-refractivity contribution in [1.29, 1.82) is 0 Å². The van der Waals surface area contributed by atoms with Crippen molar-refractivity contribution < 1.29 is 9.59 Å². The SMILES string of the molecule is CN(C(=O)c1ccc2c(c1)[C@H](NC(=O)c1cncc3ccccc13)CC2)C1CCN(c2ccncc2)CC1. The predicted octanol–water partition coefficient (Wildman–Crippen LogP) is 4.79. The number of fused-ring (bicyclic) bond motifs is 2. The van der Waals surface area contributed by atoms with Gasteiger partial charge in [-0.05, 0) is 66.5 Å². The van der Waals surface area contributed by atoms with E-state index >= 15 is 0 Å². The second-order valence-corrected chi connectivity index (χ2v) is 10.2. The zero-order valence-corrected chi connectivity index (χ0v) is 21.5. The highest BCUT2D eigenvalue weighted by Crippen LogP contribution is 2.33. The molecule has 0 spiro atoms. The molecule has 0 unspecified atom stereocenters. The minimum absolute atomic E-state index is 0.0328. The van der Waals surface area contributed by atoms with Crippen LogP contribution < -0.4 is 10.2 Å². The van der Waals surface area contributed by atoms with Crippen LogP contribution in [-0.2, 0) is 6.42 Å². The van der Waals surface area contributed by atoms with Gasteiger partial charge in [0.05, 0.1) is 11.6 Å². The summed E-state index contributed by atoms with van der Waals surface area (Å²) in [6, 6.07) is 17.9. The molecule has 0 bridgehead atoms. The maximum Gasteiger partial charge on any atom is 0.253 e. The molecule has 2 amide bonds. The van der Waals surface area contributed by atoms with Gasteiger partial charge in [-0.2, -0.15) is 0 Å². The summed E-state index contributed by atoms with van der Waals surface area (Å²) < 4.78 is 0. The van der Waals surface area contributed by atoms with Gasteiger partial charge in [-0.3, -0.25) is 19.6 Å². The van der Waals surface area contributed by atoms with Crippen LogP contribution in [0.1, 0.15) is 57.1 Å². The van der Waals surface area contributed by atoms with E-state index in [1.807, 2.05) is 78.9 Å². The van der Waals surface area contributed by atoms with Crippen molar-refractivity contribution in [2.24, 2.45) is 0 Å². The number of carbonyl (C=O) groups excluding carboxylic acids is 2. The summed E-state index contributed by atoms with van der Waals surface area (Å²) in [5, 5.41) is 5.04. The predicted molar refractivity (Wildman–Crippen MR) is 148 cm³/mol. The Morgan fingerprint density at radius 3 is 2.55 bits per heavy atom. The van der Waals surface area contributed by atoms with E-state index < -0.39 is 0 Å². The van der Waals surface area contributed by atoms with E-state index in [9.17, 15) is 9.59 Å². The molecule has 1 aliphatic heterocycles. The van der Waals surface area contributed by atoms with Gasteiger partial charge in [0.1, 0.15) is 0 Å². The third-order valence-corrected chi connectivity index (χ3v) is 8.05. The van der Waals surface area contributed by atoms with Gasteiger partial charge in [0.25, 0.3) is 11.8 Å². The van der Waals surface area contributed by atoms with E-state index in [2.05, 4.69) is 20.2 Å². The fourth-order valence-corrected chi connectivity index (χ4v) is 5.85. The molecular weight excluding hydrogens is 474 g/mol. The van der Waals surface area contributed by atoms with E-state index in [4.69, 9.17) is 0 Å². The average molecular weight is 506 g/mol. The van der Waals surface area contributed by atoms with Crippen LogP contribution in [0.5, 0.6) is 0 Å². The number of nitrogens with one attached hydrogen (secondary N) is 1. The monoisotopic (exact) mass is 505 g/mol. The molecule has 38 heavy (non-hydrogen) atoms. The highest BCUT2D eigenvalue weighted by Gasteiger charge is 2.29. The molecule has 3 heterocycles. The number of aryl methyl sites for hydroxylation is 1. The number of anilines is 1. The Kier molecular flexibility index (Phi) is 6.50. The summed E-state index contributed by atoms with van der Waals surface area (Å²) >= 11 is 0. The van der Waals surface area contributed by atoms with Gasteiger partial charge in [0.15, 0.2) is 0 Å². The second-order valence-electron chi connectivity index (χ2n) is 10.2. The number of amides is 2. The van der Waals surface area contributed by atoms with Gasteiger partial charge in [-0.15, -0.1) is 0 Å². The van der Waals surface area contributed by atoms with Gasteiger partial charge in [-0.1, -0.05) is 30.3 Å². The Morgan fingerprint density at radius 2 is 1.74 bits per heavy atom. The topological polar surface area (TPSA) is 78.4 Å². The van der Waals surface area contributed by atoms with Crippen LogP contribution in [0.15, 0.2) is 79.4 Å². The van der Waals surface area contributed by atoms with E-state index in [1.165, 1.54) is 11.3 Å². The zero-order chi connectivity index (χ0) is 26.1. The molecule has 2 aromatic heterocycles. The van der Waals surface area contributed by atoms with E-state index in [1.54, 1.807) is 12.4 Å². The number of hydrogen-bond donors (Lipinski definition) is 1. The molecule has 1 saturated heterocycles. The number of piperidine rings is 1. The van der Waals surface area contributed by atoms with Crippen molar-refractivity contribution in [2.75, 3.05) is 25.0 Å². The number of nitrogens with zero attached hydrogens (tertiary/aromatic N) is 4. The molecule has 2 aromatic carbocycles. The Bertz CT molecular complexity index is 1480. The van der Waals surface area contributed by atoms with Crippen LogP contribution in [0.2, 0.25) is 0 Å². The van der Waals surface area contributed by atoms with E-state index in [0.29, 0.717) is 11.1 Å². The van der Waals surface area contributed by atoms with Crippen molar-refractivity contribution >= 4 is 28.3 Å². The number of benzene rings is 2. The van der Waals surface area contributed by atoms with Crippen LogP contribution in [0, 0.1) is 0 Å². The van der Waals surface area contributed by atoms with E-state index in [0.717, 1.165) is 55.1 Å². The van der Waals surface area contributed by atoms with Gasteiger partial charge < -0.3 is 15.1 Å². The Balaban J connectivity index is 1.14. The lowest BCUT2D eigenvalue weighted by atomic mass is 10.00. The molecular formula is C31H31N5O2. The second kappa shape index (κ2) is 10.2. The van der Waals surface area contributed by atoms with Crippen LogP contribution in [0.4, 0.5) is 5.69 Å². The lowest BCUT2D eigenvalue weighted by Crippen LogP contribution is -2.45. The molecule has 1 aliphatic carbocycles. The lowest BCUT2D eigenvalue weighted by molar-refractivity contribution is 0.0709. The molecule has 7 heteroatoms. The van der Waals surface area contributed by atoms with Crippen molar-refractivity contribution in [3.63, 3.8) is 0 Å². The zero-order valence-electron chi connectivity index (χ0n) is 21.5. The smallest absolute Gasteiger partial charge is 0.253 e. The quantitative estimate of drug-likeness (QED) is 0.422. The normalized spacial score (nSPS) is 17.3. The van der Waals surface area contributed by atoms with Gasteiger partial charge in [0, 0.05) is 67.6 Å². The molecule has 1 N–H and O–H groups in total. The fraction of sp³-hybridized carbons (Fsp3) is 0.290. The molecule has 1 atom stereocenters. The molecule has 4 aromatic rings. The van der Waals surface area contributed by atoms with Crippen molar-refractivity contribution in [3.8, 4) is 0 Å². The minimum atomic E-state index is -0.137. The Hall–Kier alpha value is -4.26. The summed E-state index contributed by atoms with van der Waals surface area (Å²) in [6.07, 6.45) is 10.6. The van der Waals surface area contributed by atoms with Crippen molar-refractivity contribution in [3.05, 3.63) is 102 Å². The van der Waals surface area contributed by atoms with Gasteiger partial charge in [0.2, 0.25) is 0 Å². The number of rotatable bonds is 5. The highest BCUT2D eigenvalue weighted by atomic mass is 16.2. The number of pyridine rings is 2. The third kappa shape index (κ3) is 4.60. The fourth-order valence-electron chi connectivity index (χ4n) is 5.85. The summed E-state index contributed by atoms with van der Waals surface area (Å²) in [6.45, 7) is 1.82. The first kappa shape index (κ1) is 24.1. The molecule has 0 radical (unpaired) electrons. The Morgan fingerprint density at radius 1 is 0.947 bits per heavy atom. The average Bonchev–Trinajstić information content (AvgIpc) is 3.38. The summed E-state index contributed by atoms with van der Waals surface area (Å²) in [5.74, 6) is -0.104. The lowest BCUT2D eigenvalue weighted by Gasteiger charge is -2.38. The number of carbonyl (C=O) groups is 2. The first-order valence-corrected chi connectivity index (χ1v) is 13.3. The van der Waals surface area contributed by atoms with Crippen LogP contribution in [0.3, 0.4) is 0 Å². The van der Waals surface area contributed by atoms with Gasteiger partial charge >= 0.3 is 0 Å². The van der Waals surface area contributed by atoms with Crippen LogP contribution in [0.25, 0.3) is 10.8 Å². The molecule has 1 fully saturated rings. The highest BCUT2D eigenvalue weighted by molar-refractivity contribution is 6.06. The molecule has 2 aliphatic rings. The maximum atomic E-state index is 13.5. The largest absolute Gasteiger partial charge is 0.371 e. The molecule has 6 rings (SSSR count). The first-order valence-electron chi connectivity index (χ1n) is 13.3. The summed E-state index contributed by atoms with van der Waals surface area (Å²) in [5.41, 5.74) is 4.66. The summed E-state index contributed by atoms with van der Waals surface area (Å²) in [4.78, 5) is 39.4.